The van der Waals surface area contributed by atoms with Crippen LogP contribution in [-0.4, -0.2) is 19.6 Å². The largest absolute Gasteiger partial charge is 0.375 e. The Balaban J connectivity index is 3.27. The Labute approximate surface area is 54.7 Å². The highest BCUT2D eigenvalue weighted by Gasteiger charge is 1.92. The molecule has 9 heavy (non-hydrogen) atoms. The van der Waals surface area contributed by atoms with Gasteiger partial charge >= 0.3 is 0 Å². The predicted octanol–water partition coefficient (Wildman–Crippen LogP) is 0.283. The molecule has 3 heteroatoms. The molecule has 0 radical (unpaired) electrons. The summed E-state index contributed by atoms with van der Waals surface area (Å²) < 4.78 is 4.55. The minimum Gasteiger partial charge on any atom is -0.375 e. The molecule has 0 aromatic carbocycles. The van der Waals surface area contributed by atoms with Crippen LogP contribution in [0, 0.1) is 0 Å². The van der Waals surface area contributed by atoms with Crippen molar-refractivity contribution in [1.82, 2.24) is 5.32 Å². The van der Waals surface area contributed by atoms with Gasteiger partial charge in [-0.05, 0) is 13.1 Å². The van der Waals surface area contributed by atoms with E-state index in [1.807, 2.05) is 6.92 Å². The van der Waals surface area contributed by atoms with Crippen LogP contribution in [0.5, 0.6) is 0 Å². The molecule has 0 bridgehead atoms. The van der Waals surface area contributed by atoms with Crippen molar-refractivity contribution in [2.45, 2.75) is 6.92 Å². The Morgan fingerprint density at radius 1 is 1.78 bits per heavy atom. The Kier molecular flexibility index (Phi) is 4.82. The third kappa shape index (κ3) is 5.03. The minimum atomic E-state index is -0.129. The molecule has 0 rings (SSSR count). The van der Waals surface area contributed by atoms with Crippen molar-refractivity contribution < 1.29 is 9.53 Å². The smallest absolute Gasteiger partial charge is 0.249 e. The fourth-order valence-electron chi connectivity index (χ4n) is 0.349. The molecular formula is C6H11NO2. The lowest BCUT2D eigenvalue weighted by atomic mass is 10.6. The number of carbonyl (C=O) groups is 1. The summed E-state index contributed by atoms with van der Waals surface area (Å²) in [7, 11) is 1.48. The minimum absolute atomic E-state index is 0.115. The quantitative estimate of drug-likeness (QED) is 0.594. The normalized spacial score (nSPS) is 10.0. The van der Waals surface area contributed by atoms with Crippen LogP contribution in [0.1, 0.15) is 6.92 Å². The molecule has 0 aliphatic rings. The lowest BCUT2D eigenvalue weighted by Crippen LogP contribution is -2.21. The first-order chi connectivity index (χ1) is 4.31. The first kappa shape index (κ1) is 8.17. The summed E-state index contributed by atoms with van der Waals surface area (Å²) in [5, 5.41) is 2.49. The molecule has 0 aromatic rings. The molecule has 0 aliphatic carbocycles. The van der Waals surface area contributed by atoms with E-state index in [4.69, 9.17) is 0 Å². The summed E-state index contributed by atoms with van der Waals surface area (Å²) in [6, 6.07) is 0. The number of hydrogen-bond donors (Lipinski definition) is 1. The Bertz CT molecular complexity index is 110. The van der Waals surface area contributed by atoms with Crippen LogP contribution in [0.2, 0.25) is 0 Å². The molecule has 0 spiro atoms. The number of methoxy groups -OCH3 is 1. The van der Waals surface area contributed by atoms with Crippen molar-refractivity contribution in [3.8, 4) is 0 Å². The van der Waals surface area contributed by atoms with Gasteiger partial charge in [0.05, 0.1) is 0 Å². The van der Waals surface area contributed by atoms with Crippen molar-refractivity contribution in [2.24, 2.45) is 0 Å². The van der Waals surface area contributed by atoms with Gasteiger partial charge < -0.3 is 10.1 Å². The summed E-state index contributed by atoms with van der Waals surface area (Å²) in [6.07, 6.45) is 3.31. The Morgan fingerprint density at radius 3 is 2.89 bits per heavy atom. The van der Waals surface area contributed by atoms with Crippen LogP contribution >= 0.6 is 0 Å². The summed E-state index contributed by atoms with van der Waals surface area (Å²) in [4.78, 5) is 10.5. The average molecular weight is 129 g/mol. The molecule has 1 amide bonds. The monoisotopic (exact) mass is 129 g/mol. The summed E-state index contributed by atoms with van der Waals surface area (Å²) >= 11 is 0. The van der Waals surface area contributed by atoms with E-state index in [-0.39, 0.29) is 12.5 Å². The van der Waals surface area contributed by atoms with E-state index in [9.17, 15) is 4.79 Å². The van der Waals surface area contributed by atoms with E-state index in [1.54, 1.807) is 12.3 Å². The van der Waals surface area contributed by atoms with Crippen molar-refractivity contribution >= 4 is 5.91 Å². The zero-order chi connectivity index (χ0) is 7.11. The summed E-state index contributed by atoms with van der Waals surface area (Å²) in [6.45, 7) is 1.94. The molecule has 0 aliphatic heterocycles. The Morgan fingerprint density at radius 2 is 2.44 bits per heavy atom. The van der Waals surface area contributed by atoms with E-state index in [0.717, 1.165) is 0 Å². The maximum Gasteiger partial charge on any atom is 0.249 e. The lowest BCUT2D eigenvalue weighted by molar-refractivity contribution is -0.123. The first-order valence-corrected chi connectivity index (χ1v) is 2.70. The second-order valence-corrected chi connectivity index (χ2v) is 1.50. The highest BCUT2D eigenvalue weighted by atomic mass is 16.5. The van der Waals surface area contributed by atoms with Gasteiger partial charge in [-0.15, -0.1) is 0 Å². The van der Waals surface area contributed by atoms with Gasteiger partial charge in [0.15, 0.2) is 0 Å². The highest BCUT2D eigenvalue weighted by Crippen LogP contribution is 1.69. The molecule has 1 N–H and O–H groups in total. The van der Waals surface area contributed by atoms with Gasteiger partial charge in [0.25, 0.3) is 0 Å². The molecule has 0 fully saturated rings. The third-order valence-electron chi connectivity index (χ3n) is 0.686. The van der Waals surface area contributed by atoms with E-state index in [1.165, 1.54) is 7.11 Å². The second-order valence-electron chi connectivity index (χ2n) is 1.50. The van der Waals surface area contributed by atoms with E-state index in [0.29, 0.717) is 0 Å². The third-order valence-corrected chi connectivity index (χ3v) is 0.686. The van der Waals surface area contributed by atoms with Gasteiger partial charge in [-0.1, -0.05) is 6.08 Å². The SMILES string of the molecule is C/C=C/NC(=O)COC. The number of allylic oxidation sites excluding steroid dienone is 1. The van der Waals surface area contributed by atoms with E-state index in [2.05, 4.69) is 10.1 Å². The van der Waals surface area contributed by atoms with E-state index >= 15 is 0 Å². The Hall–Kier alpha value is -0.830. The molecule has 3 nitrogen and oxygen atoms in total. The van der Waals surface area contributed by atoms with Crippen LogP contribution in [0.25, 0.3) is 0 Å². The topological polar surface area (TPSA) is 38.3 Å². The zero-order valence-corrected chi connectivity index (χ0v) is 5.68. The van der Waals surface area contributed by atoms with Crippen LogP contribution in [0.15, 0.2) is 12.3 Å². The van der Waals surface area contributed by atoms with Gasteiger partial charge in [-0.2, -0.15) is 0 Å². The van der Waals surface area contributed by atoms with Crippen molar-refractivity contribution in [1.29, 1.82) is 0 Å². The van der Waals surface area contributed by atoms with Crippen LogP contribution in [-0.2, 0) is 9.53 Å². The van der Waals surface area contributed by atoms with Gasteiger partial charge in [0.2, 0.25) is 5.91 Å². The number of nitrogens with one attached hydrogen (secondary N) is 1. The standard InChI is InChI=1S/C6H11NO2/c1-3-4-7-6(8)5-9-2/h3-4H,5H2,1-2H3,(H,7,8)/b4-3+. The molecule has 0 saturated heterocycles. The summed E-state index contributed by atoms with van der Waals surface area (Å²) in [5.41, 5.74) is 0. The first-order valence-electron chi connectivity index (χ1n) is 2.70. The van der Waals surface area contributed by atoms with Crippen molar-refractivity contribution in [3.63, 3.8) is 0 Å². The number of carbonyl (C=O) groups excluding carboxylic acids is 1. The fraction of sp³-hybridized carbons (Fsp3) is 0.500. The van der Waals surface area contributed by atoms with Crippen LogP contribution in [0.4, 0.5) is 0 Å². The predicted molar refractivity (Wildman–Crippen MR) is 34.8 cm³/mol. The van der Waals surface area contributed by atoms with Crippen LogP contribution < -0.4 is 5.32 Å². The molecule has 52 valence electrons. The van der Waals surface area contributed by atoms with Crippen molar-refractivity contribution in [2.75, 3.05) is 13.7 Å². The molecular weight excluding hydrogens is 118 g/mol. The van der Waals surface area contributed by atoms with E-state index < -0.39 is 0 Å². The average Bonchev–Trinajstić information content (AvgIpc) is 1.85. The maximum atomic E-state index is 10.5. The maximum absolute atomic E-state index is 10.5. The fourth-order valence-corrected chi connectivity index (χ4v) is 0.349. The molecule has 0 unspecified atom stereocenters. The van der Waals surface area contributed by atoms with Gasteiger partial charge in [0, 0.05) is 7.11 Å². The van der Waals surface area contributed by atoms with Crippen LogP contribution in [0.3, 0.4) is 0 Å². The highest BCUT2D eigenvalue weighted by molar-refractivity contribution is 5.78. The number of hydrogen-bond acceptors (Lipinski definition) is 2. The van der Waals surface area contributed by atoms with Gasteiger partial charge in [0.1, 0.15) is 6.61 Å². The number of ether oxygens (including phenoxy) is 1. The van der Waals surface area contributed by atoms with Gasteiger partial charge in [-0.3, -0.25) is 4.79 Å². The second kappa shape index (κ2) is 5.31. The lowest BCUT2D eigenvalue weighted by Gasteiger charge is -1.95. The molecule has 0 heterocycles. The number of rotatable bonds is 3. The molecule has 0 aromatic heterocycles. The zero-order valence-electron chi connectivity index (χ0n) is 5.68. The number of amides is 1. The molecule has 0 saturated carbocycles. The van der Waals surface area contributed by atoms with Crippen molar-refractivity contribution in [3.05, 3.63) is 12.3 Å². The summed E-state index contributed by atoms with van der Waals surface area (Å²) in [5.74, 6) is -0.129. The van der Waals surface area contributed by atoms with Gasteiger partial charge in [-0.25, -0.2) is 0 Å². The molecule has 0 atom stereocenters.